The molecule has 0 saturated carbocycles. The number of carbonyl (C=O) groups excluding carboxylic acids is 2. The molecule has 0 aliphatic rings. The molecule has 140 valence electrons. The third kappa shape index (κ3) is 5.01. The van der Waals surface area contributed by atoms with Gasteiger partial charge >= 0.3 is 5.97 Å². The van der Waals surface area contributed by atoms with E-state index in [1.165, 1.54) is 11.3 Å². The second kappa shape index (κ2) is 8.59. The second-order valence-corrected chi connectivity index (χ2v) is 6.89. The average molecular weight is 385 g/mol. The van der Waals surface area contributed by atoms with Crippen molar-refractivity contribution in [3.8, 4) is 10.7 Å². The standard InChI is InChI=1S/C19H19N3O4S/c1-12-5-3-6-14(13(12)2)20-16(23)11-25-18(24)9-8-17-21-19(22-26-17)15-7-4-10-27-15/h3-7,10H,8-9,11H2,1-2H3,(H,20,23). The average Bonchev–Trinajstić information content (AvgIpc) is 3.33. The molecule has 0 unspecified atom stereocenters. The lowest BCUT2D eigenvalue weighted by Crippen LogP contribution is -2.21. The lowest BCUT2D eigenvalue weighted by Gasteiger charge is -2.10. The summed E-state index contributed by atoms with van der Waals surface area (Å²) in [5, 5.41) is 8.55. The molecule has 0 fully saturated rings. The van der Waals surface area contributed by atoms with Crippen LogP contribution in [0.4, 0.5) is 5.69 Å². The van der Waals surface area contributed by atoms with Crippen LogP contribution in [0.2, 0.25) is 0 Å². The number of aromatic nitrogens is 2. The van der Waals surface area contributed by atoms with E-state index < -0.39 is 5.97 Å². The first-order valence-corrected chi connectivity index (χ1v) is 9.29. The van der Waals surface area contributed by atoms with Gasteiger partial charge in [-0.15, -0.1) is 11.3 Å². The molecular formula is C19H19N3O4S. The number of hydrogen-bond donors (Lipinski definition) is 1. The number of anilines is 1. The SMILES string of the molecule is Cc1cccc(NC(=O)COC(=O)CCc2nc(-c3cccs3)no2)c1C. The van der Waals surface area contributed by atoms with Gasteiger partial charge in [0, 0.05) is 12.1 Å². The zero-order valence-electron chi connectivity index (χ0n) is 15.0. The van der Waals surface area contributed by atoms with Crippen molar-refractivity contribution >= 4 is 28.9 Å². The summed E-state index contributed by atoms with van der Waals surface area (Å²) < 4.78 is 10.1. The van der Waals surface area contributed by atoms with E-state index in [1.807, 2.05) is 49.6 Å². The number of benzene rings is 1. The maximum atomic E-state index is 12.0. The number of hydrogen-bond acceptors (Lipinski definition) is 7. The van der Waals surface area contributed by atoms with Crippen molar-refractivity contribution in [2.45, 2.75) is 26.7 Å². The smallest absolute Gasteiger partial charge is 0.306 e. The molecule has 0 spiro atoms. The molecule has 1 amide bonds. The number of nitrogens with one attached hydrogen (secondary N) is 1. The van der Waals surface area contributed by atoms with E-state index in [1.54, 1.807) is 0 Å². The van der Waals surface area contributed by atoms with Crippen LogP contribution in [0.5, 0.6) is 0 Å². The van der Waals surface area contributed by atoms with Crippen LogP contribution in [0.1, 0.15) is 23.4 Å². The summed E-state index contributed by atoms with van der Waals surface area (Å²) >= 11 is 1.51. The summed E-state index contributed by atoms with van der Waals surface area (Å²) in [6.45, 7) is 3.55. The molecule has 0 atom stereocenters. The first kappa shape index (κ1) is 18.8. The molecule has 0 aliphatic heterocycles. The number of nitrogens with zero attached hydrogens (tertiary/aromatic N) is 2. The van der Waals surface area contributed by atoms with Gasteiger partial charge in [0.1, 0.15) is 0 Å². The van der Waals surface area contributed by atoms with Gasteiger partial charge in [-0.2, -0.15) is 4.98 Å². The third-order valence-corrected chi connectivity index (χ3v) is 4.86. The summed E-state index contributed by atoms with van der Waals surface area (Å²) in [4.78, 5) is 28.9. The van der Waals surface area contributed by atoms with Crippen LogP contribution in [-0.2, 0) is 20.7 Å². The van der Waals surface area contributed by atoms with Gasteiger partial charge in [0.25, 0.3) is 5.91 Å². The first-order valence-electron chi connectivity index (χ1n) is 8.41. The lowest BCUT2D eigenvalue weighted by atomic mass is 10.1. The lowest BCUT2D eigenvalue weighted by molar-refractivity contribution is -0.147. The Labute approximate surface area is 160 Å². The normalized spacial score (nSPS) is 10.6. The molecule has 0 aliphatic carbocycles. The Bertz CT molecular complexity index is 934. The second-order valence-electron chi connectivity index (χ2n) is 5.95. The number of thiophene rings is 1. The fourth-order valence-corrected chi connectivity index (χ4v) is 3.01. The van der Waals surface area contributed by atoms with Gasteiger partial charge in [0.2, 0.25) is 11.7 Å². The topological polar surface area (TPSA) is 94.3 Å². The van der Waals surface area contributed by atoms with Gasteiger partial charge in [-0.3, -0.25) is 9.59 Å². The maximum Gasteiger partial charge on any atom is 0.306 e. The minimum atomic E-state index is -0.498. The molecule has 3 rings (SSSR count). The van der Waals surface area contributed by atoms with Crippen LogP contribution in [0, 0.1) is 13.8 Å². The zero-order valence-corrected chi connectivity index (χ0v) is 15.8. The number of rotatable bonds is 7. The highest BCUT2D eigenvalue weighted by Crippen LogP contribution is 2.21. The van der Waals surface area contributed by atoms with Crippen LogP contribution in [0.15, 0.2) is 40.2 Å². The Hall–Kier alpha value is -3.00. The van der Waals surface area contributed by atoms with Crippen molar-refractivity contribution in [1.82, 2.24) is 10.1 Å². The van der Waals surface area contributed by atoms with E-state index in [-0.39, 0.29) is 25.4 Å². The maximum absolute atomic E-state index is 12.0. The van der Waals surface area contributed by atoms with Gasteiger partial charge < -0.3 is 14.6 Å². The van der Waals surface area contributed by atoms with Crippen molar-refractivity contribution in [2.75, 3.05) is 11.9 Å². The molecule has 0 radical (unpaired) electrons. The van der Waals surface area contributed by atoms with Crippen LogP contribution < -0.4 is 5.32 Å². The summed E-state index contributed by atoms with van der Waals surface area (Å²) in [7, 11) is 0. The monoisotopic (exact) mass is 385 g/mol. The third-order valence-electron chi connectivity index (χ3n) is 4.00. The van der Waals surface area contributed by atoms with Gasteiger partial charge in [-0.1, -0.05) is 23.4 Å². The van der Waals surface area contributed by atoms with Gasteiger partial charge in [-0.25, -0.2) is 0 Å². The number of ether oxygens (including phenoxy) is 1. The molecular weight excluding hydrogens is 366 g/mol. The van der Waals surface area contributed by atoms with Gasteiger partial charge in [0.05, 0.1) is 11.3 Å². The fourth-order valence-electron chi connectivity index (χ4n) is 2.36. The molecule has 1 N–H and O–H groups in total. The number of esters is 1. The Morgan fingerprint density at radius 2 is 2.07 bits per heavy atom. The highest BCUT2D eigenvalue weighted by Gasteiger charge is 2.13. The van der Waals surface area contributed by atoms with Crippen molar-refractivity contribution in [3.05, 3.63) is 52.7 Å². The summed E-state index contributed by atoms with van der Waals surface area (Å²) in [6.07, 6.45) is 0.318. The first-order chi connectivity index (χ1) is 13.0. The highest BCUT2D eigenvalue weighted by molar-refractivity contribution is 7.13. The quantitative estimate of drug-likeness (QED) is 0.625. The predicted molar refractivity (Wildman–Crippen MR) is 101 cm³/mol. The summed E-state index contributed by atoms with van der Waals surface area (Å²) in [5.74, 6) is -0.0201. The molecule has 0 bridgehead atoms. The Kier molecular flexibility index (Phi) is 5.97. The van der Waals surface area contributed by atoms with E-state index in [9.17, 15) is 9.59 Å². The van der Waals surface area contributed by atoms with Crippen LogP contribution in [0.25, 0.3) is 10.7 Å². The zero-order chi connectivity index (χ0) is 19.2. The van der Waals surface area contributed by atoms with E-state index in [4.69, 9.17) is 9.26 Å². The molecule has 0 saturated heterocycles. The fraction of sp³-hybridized carbons (Fsp3) is 0.263. The van der Waals surface area contributed by atoms with Crippen molar-refractivity contribution in [1.29, 1.82) is 0 Å². The molecule has 27 heavy (non-hydrogen) atoms. The minimum Gasteiger partial charge on any atom is -0.456 e. The Balaban J connectivity index is 1.43. The number of carbonyl (C=O) groups is 2. The molecule has 7 nitrogen and oxygen atoms in total. The van der Waals surface area contributed by atoms with Crippen molar-refractivity contribution in [3.63, 3.8) is 0 Å². The molecule has 1 aromatic carbocycles. The number of aryl methyl sites for hydroxylation is 2. The molecule has 2 heterocycles. The Morgan fingerprint density at radius 1 is 1.22 bits per heavy atom. The van der Waals surface area contributed by atoms with E-state index in [0.29, 0.717) is 17.4 Å². The van der Waals surface area contributed by atoms with Crippen LogP contribution in [0.3, 0.4) is 0 Å². The van der Waals surface area contributed by atoms with Crippen molar-refractivity contribution in [2.24, 2.45) is 0 Å². The van der Waals surface area contributed by atoms with Crippen molar-refractivity contribution < 1.29 is 18.8 Å². The van der Waals surface area contributed by atoms with E-state index in [0.717, 1.165) is 16.0 Å². The van der Waals surface area contributed by atoms with Crippen LogP contribution in [-0.4, -0.2) is 28.6 Å². The van der Waals surface area contributed by atoms with E-state index in [2.05, 4.69) is 15.5 Å². The molecule has 3 aromatic rings. The summed E-state index contributed by atoms with van der Waals surface area (Å²) in [6, 6.07) is 9.42. The molecule has 2 aromatic heterocycles. The van der Waals surface area contributed by atoms with E-state index >= 15 is 0 Å². The van der Waals surface area contributed by atoms with Gasteiger partial charge in [-0.05, 0) is 42.5 Å². The van der Waals surface area contributed by atoms with Gasteiger partial charge in [0.15, 0.2) is 6.61 Å². The number of amides is 1. The minimum absolute atomic E-state index is 0.0584. The van der Waals surface area contributed by atoms with Crippen LogP contribution >= 0.6 is 11.3 Å². The highest BCUT2D eigenvalue weighted by atomic mass is 32.1. The Morgan fingerprint density at radius 3 is 2.85 bits per heavy atom. The molecule has 8 heteroatoms. The summed E-state index contributed by atoms with van der Waals surface area (Å²) in [5.41, 5.74) is 2.77. The largest absolute Gasteiger partial charge is 0.456 e. The predicted octanol–water partition coefficient (Wildman–Crippen LogP) is 3.53.